The van der Waals surface area contributed by atoms with Gasteiger partial charge in [0.25, 0.3) is 5.91 Å². The molecule has 0 aliphatic heterocycles. The van der Waals surface area contributed by atoms with E-state index >= 15 is 0 Å². The molecule has 0 fully saturated rings. The molecule has 0 unspecified atom stereocenters. The summed E-state index contributed by atoms with van der Waals surface area (Å²) in [5.41, 5.74) is 6.50. The fraction of sp³-hybridized carbons (Fsp3) is 0.182. The number of hydrogen-bond donors (Lipinski definition) is 2. The third-order valence-corrected chi connectivity index (χ3v) is 2.48. The van der Waals surface area contributed by atoms with Crippen molar-refractivity contribution in [3.8, 4) is 0 Å². The molecule has 2 rings (SSSR count). The number of aromatic nitrogens is 3. The van der Waals surface area contributed by atoms with Gasteiger partial charge in [-0.2, -0.15) is 5.10 Å². The second kappa shape index (κ2) is 5.05. The lowest BCUT2D eigenvalue weighted by molar-refractivity contribution is 0.102. The van der Waals surface area contributed by atoms with Gasteiger partial charge in [0.05, 0.1) is 11.9 Å². The Morgan fingerprint density at radius 3 is 2.94 bits per heavy atom. The SMILES string of the molecule is CCn1cc(NC(=O)c2cc(N)nc(Cl)c2)cn1. The molecule has 3 N–H and O–H groups in total. The van der Waals surface area contributed by atoms with Gasteiger partial charge in [-0.1, -0.05) is 11.6 Å². The summed E-state index contributed by atoms with van der Waals surface area (Å²) in [5, 5.41) is 6.94. The number of nitrogens with two attached hydrogens (primary N) is 1. The maximum atomic E-state index is 11.9. The molecule has 0 aromatic carbocycles. The van der Waals surface area contributed by atoms with E-state index in [4.69, 9.17) is 17.3 Å². The molecule has 2 aromatic rings. The Morgan fingerprint density at radius 2 is 2.33 bits per heavy atom. The second-order valence-corrected chi connectivity index (χ2v) is 4.03. The molecule has 6 nitrogen and oxygen atoms in total. The van der Waals surface area contributed by atoms with Gasteiger partial charge in [0.2, 0.25) is 0 Å². The van der Waals surface area contributed by atoms with E-state index in [1.165, 1.54) is 12.1 Å². The Labute approximate surface area is 109 Å². The zero-order valence-corrected chi connectivity index (χ0v) is 10.5. The first-order valence-corrected chi connectivity index (χ1v) is 5.73. The number of anilines is 2. The van der Waals surface area contributed by atoms with E-state index in [0.717, 1.165) is 6.54 Å². The molecule has 2 aromatic heterocycles. The smallest absolute Gasteiger partial charge is 0.255 e. The minimum absolute atomic E-state index is 0.185. The summed E-state index contributed by atoms with van der Waals surface area (Å²) in [7, 11) is 0. The van der Waals surface area contributed by atoms with Gasteiger partial charge in [-0.3, -0.25) is 9.48 Å². The van der Waals surface area contributed by atoms with Crippen LogP contribution in [0.2, 0.25) is 5.15 Å². The molecule has 0 aliphatic rings. The van der Waals surface area contributed by atoms with Crippen molar-refractivity contribution in [1.82, 2.24) is 14.8 Å². The highest BCUT2D eigenvalue weighted by Crippen LogP contribution is 2.14. The molecule has 1 amide bonds. The molecule has 0 bridgehead atoms. The topological polar surface area (TPSA) is 85.8 Å². The molecule has 7 heteroatoms. The summed E-state index contributed by atoms with van der Waals surface area (Å²) in [6.45, 7) is 2.70. The van der Waals surface area contributed by atoms with Crippen LogP contribution < -0.4 is 11.1 Å². The summed E-state index contributed by atoms with van der Waals surface area (Å²) in [4.78, 5) is 15.7. The number of amides is 1. The van der Waals surface area contributed by atoms with Crippen molar-refractivity contribution in [2.24, 2.45) is 0 Å². The molecule has 2 heterocycles. The van der Waals surface area contributed by atoms with Gasteiger partial charge in [0, 0.05) is 18.3 Å². The lowest BCUT2D eigenvalue weighted by Crippen LogP contribution is -2.12. The van der Waals surface area contributed by atoms with Crippen LogP contribution in [0.5, 0.6) is 0 Å². The van der Waals surface area contributed by atoms with Crippen LogP contribution >= 0.6 is 11.6 Å². The van der Waals surface area contributed by atoms with Crippen molar-refractivity contribution in [2.75, 3.05) is 11.1 Å². The van der Waals surface area contributed by atoms with Crippen molar-refractivity contribution >= 4 is 29.0 Å². The molecule has 0 saturated heterocycles. The third kappa shape index (κ3) is 2.78. The molecule has 0 aliphatic carbocycles. The lowest BCUT2D eigenvalue weighted by Gasteiger charge is -2.03. The fourth-order valence-corrected chi connectivity index (χ4v) is 1.67. The first-order valence-electron chi connectivity index (χ1n) is 5.35. The molecular weight excluding hydrogens is 254 g/mol. The van der Waals surface area contributed by atoms with E-state index in [2.05, 4.69) is 15.4 Å². The van der Waals surface area contributed by atoms with Gasteiger partial charge in [-0.15, -0.1) is 0 Å². The monoisotopic (exact) mass is 265 g/mol. The highest BCUT2D eigenvalue weighted by Gasteiger charge is 2.09. The van der Waals surface area contributed by atoms with Crippen LogP contribution in [0.3, 0.4) is 0 Å². The molecule has 18 heavy (non-hydrogen) atoms. The number of nitrogen functional groups attached to an aromatic ring is 1. The summed E-state index contributed by atoms with van der Waals surface area (Å²) in [6, 6.07) is 2.92. The van der Waals surface area contributed by atoms with Gasteiger partial charge < -0.3 is 11.1 Å². The molecule has 0 atom stereocenters. The average Bonchev–Trinajstić information content (AvgIpc) is 2.75. The van der Waals surface area contributed by atoms with Crippen LogP contribution in [0.1, 0.15) is 17.3 Å². The highest BCUT2D eigenvalue weighted by molar-refractivity contribution is 6.30. The van der Waals surface area contributed by atoms with E-state index in [1.54, 1.807) is 17.1 Å². The Balaban J connectivity index is 2.16. The molecule has 0 spiro atoms. The van der Waals surface area contributed by atoms with Crippen LogP contribution in [-0.2, 0) is 6.54 Å². The minimum atomic E-state index is -0.304. The third-order valence-electron chi connectivity index (χ3n) is 2.29. The number of carbonyl (C=O) groups is 1. The largest absolute Gasteiger partial charge is 0.384 e. The van der Waals surface area contributed by atoms with Crippen molar-refractivity contribution < 1.29 is 4.79 Å². The van der Waals surface area contributed by atoms with Gasteiger partial charge in [-0.25, -0.2) is 4.98 Å². The number of halogens is 1. The normalized spacial score (nSPS) is 10.3. The molecular formula is C11H12ClN5O. The minimum Gasteiger partial charge on any atom is -0.384 e. The highest BCUT2D eigenvalue weighted by atomic mass is 35.5. The summed E-state index contributed by atoms with van der Waals surface area (Å²) in [6.07, 6.45) is 3.32. The fourth-order valence-electron chi connectivity index (χ4n) is 1.45. The predicted octanol–water partition coefficient (Wildman–Crippen LogP) is 1.79. The summed E-state index contributed by atoms with van der Waals surface area (Å²) >= 11 is 5.74. The van der Waals surface area contributed by atoms with Gasteiger partial charge in [0.1, 0.15) is 11.0 Å². The van der Waals surface area contributed by atoms with E-state index in [1.807, 2.05) is 6.92 Å². The number of aryl methyl sites for hydroxylation is 1. The zero-order valence-electron chi connectivity index (χ0n) is 9.72. The standard InChI is InChI=1S/C11H12ClN5O/c1-2-17-6-8(5-14-17)15-11(18)7-3-9(12)16-10(13)4-7/h3-6H,2H2,1H3,(H2,13,16)(H,15,18). The number of nitrogens with one attached hydrogen (secondary N) is 1. The Kier molecular flexibility index (Phi) is 3.47. The van der Waals surface area contributed by atoms with Crippen LogP contribution in [0.25, 0.3) is 0 Å². The summed E-state index contributed by atoms with van der Waals surface area (Å²) < 4.78 is 1.71. The van der Waals surface area contributed by atoms with Crippen LogP contribution in [0.15, 0.2) is 24.5 Å². The quantitative estimate of drug-likeness (QED) is 0.829. The van der Waals surface area contributed by atoms with Crippen LogP contribution in [0.4, 0.5) is 11.5 Å². The molecule has 0 radical (unpaired) electrons. The van der Waals surface area contributed by atoms with Crippen molar-refractivity contribution in [3.05, 3.63) is 35.2 Å². The number of carbonyl (C=O) groups excluding carboxylic acids is 1. The Hall–Kier alpha value is -2.08. The Bertz CT molecular complexity index is 560. The van der Waals surface area contributed by atoms with E-state index in [0.29, 0.717) is 11.3 Å². The van der Waals surface area contributed by atoms with Crippen LogP contribution in [0, 0.1) is 0 Å². The molecule has 94 valence electrons. The number of hydrogen-bond acceptors (Lipinski definition) is 4. The molecule has 0 saturated carbocycles. The van der Waals surface area contributed by atoms with E-state index in [9.17, 15) is 4.79 Å². The summed E-state index contributed by atoms with van der Waals surface area (Å²) in [5.74, 6) is -0.0986. The number of rotatable bonds is 3. The first kappa shape index (κ1) is 12.4. The average molecular weight is 266 g/mol. The predicted molar refractivity (Wildman–Crippen MR) is 69.5 cm³/mol. The maximum absolute atomic E-state index is 11.9. The van der Waals surface area contributed by atoms with Gasteiger partial charge in [0.15, 0.2) is 0 Å². The second-order valence-electron chi connectivity index (χ2n) is 3.64. The van der Waals surface area contributed by atoms with Crippen LogP contribution in [-0.4, -0.2) is 20.7 Å². The maximum Gasteiger partial charge on any atom is 0.255 e. The van der Waals surface area contributed by atoms with E-state index < -0.39 is 0 Å². The number of nitrogens with zero attached hydrogens (tertiary/aromatic N) is 3. The van der Waals surface area contributed by atoms with Crippen molar-refractivity contribution in [3.63, 3.8) is 0 Å². The van der Waals surface area contributed by atoms with Gasteiger partial charge in [-0.05, 0) is 19.1 Å². The first-order chi connectivity index (χ1) is 8.58. The van der Waals surface area contributed by atoms with Gasteiger partial charge >= 0.3 is 0 Å². The Morgan fingerprint density at radius 1 is 1.56 bits per heavy atom. The lowest BCUT2D eigenvalue weighted by atomic mass is 10.2. The zero-order chi connectivity index (χ0) is 13.1. The van der Waals surface area contributed by atoms with Crippen molar-refractivity contribution in [1.29, 1.82) is 0 Å². The van der Waals surface area contributed by atoms with E-state index in [-0.39, 0.29) is 16.9 Å². The van der Waals surface area contributed by atoms with Crippen molar-refractivity contribution in [2.45, 2.75) is 13.5 Å². The number of pyridine rings is 1.